The third-order valence-electron chi connectivity index (χ3n) is 2.72. The van der Waals surface area contributed by atoms with Crippen molar-refractivity contribution >= 4 is 21.6 Å². The molecule has 2 nitrogen and oxygen atoms in total. The highest BCUT2D eigenvalue weighted by molar-refractivity contribution is 9.10. The lowest BCUT2D eigenvalue weighted by atomic mass is 10.1. The average Bonchev–Trinajstić information content (AvgIpc) is 2.32. The van der Waals surface area contributed by atoms with Gasteiger partial charge in [0.05, 0.1) is 12.2 Å². The summed E-state index contributed by atoms with van der Waals surface area (Å²) >= 11 is 3.51. The van der Waals surface area contributed by atoms with Crippen LogP contribution in [0.25, 0.3) is 0 Å². The van der Waals surface area contributed by atoms with E-state index < -0.39 is 0 Å². The zero-order valence-electron chi connectivity index (χ0n) is 10.2. The molecule has 0 aliphatic rings. The van der Waals surface area contributed by atoms with Gasteiger partial charge in [0, 0.05) is 16.4 Å². The molecule has 0 aliphatic heterocycles. The number of rotatable bonds is 3. The topological polar surface area (TPSA) is 24.9 Å². The maximum Gasteiger partial charge on any atom is 0.141 e. The Hall–Kier alpha value is -1.42. The van der Waals surface area contributed by atoms with Crippen LogP contribution in [-0.2, 0) is 0 Å². The molecular weight excluding hydrogens is 295 g/mol. The molecule has 2 aromatic rings. The molecule has 1 N–H and O–H groups in total. The Balaban J connectivity index is 2.18. The van der Waals surface area contributed by atoms with Gasteiger partial charge >= 0.3 is 0 Å². The van der Waals surface area contributed by atoms with Gasteiger partial charge in [0.1, 0.15) is 5.82 Å². The lowest BCUT2D eigenvalue weighted by Gasteiger charge is -2.16. The van der Waals surface area contributed by atoms with Crippen LogP contribution < -0.4 is 5.32 Å². The second kappa shape index (κ2) is 5.48. The molecule has 0 amide bonds. The summed E-state index contributed by atoms with van der Waals surface area (Å²) < 4.78 is 14.1. The predicted octanol–water partition coefficient (Wildman–Crippen LogP) is 4.46. The third-order valence-corrected chi connectivity index (χ3v) is 3.38. The van der Waals surface area contributed by atoms with E-state index in [0.29, 0.717) is 0 Å². The van der Waals surface area contributed by atoms with Crippen LogP contribution in [-0.4, -0.2) is 4.98 Å². The molecule has 1 unspecified atom stereocenters. The molecule has 4 heteroatoms. The maximum absolute atomic E-state index is 13.1. The Labute approximate surface area is 114 Å². The standard InChI is InChI=1S/C14H14BrFN2/c1-9-3-4-14(13(15)5-9)18-10(2)11-6-12(16)8-17-7-11/h3-8,10,18H,1-2H3. The second-order valence-electron chi connectivity index (χ2n) is 4.29. The van der Waals surface area contributed by atoms with Crippen LogP contribution in [0.1, 0.15) is 24.1 Å². The molecule has 0 bridgehead atoms. The Morgan fingerprint density at radius 2 is 2.06 bits per heavy atom. The first-order valence-electron chi connectivity index (χ1n) is 5.69. The largest absolute Gasteiger partial charge is 0.378 e. The summed E-state index contributed by atoms with van der Waals surface area (Å²) in [5, 5.41) is 3.33. The van der Waals surface area contributed by atoms with Gasteiger partial charge in [-0.1, -0.05) is 6.07 Å². The highest BCUT2D eigenvalue weighted by atomic mass is 79.9. The zero-order chi connectivity index (χ0) is 13.1. The molecule has 94 valence electrons. The molecule has 1 atom stereocenters. The minimum atomic E-state index is -0.316. The van der Waals surface area contributed by atoms with E-state index in [1.807, 2.05) is 32.0 Å². The highest BCUT2D eigenvalue weighted by Gasteiger charge is 2.08. The molecule has 0 saturated carbocycles. The van der Waals surface area contributed by atoms with E-state index in [1.54, 1.807) is 6.20 Å². The van der Waals surface area contributed by atoms with E-state index in [-0.39, 0.29) is 11.9 Å². The molecule has 1 aromatic carbocycles. The van der Waals surface area contributed by atoms with Crippen LogP contribution in [0.3, 0.4) is 0 Å². The number of halogens is 2. The molecular formula is C14H14BrFN2. The number of benzene rings is 1. The van der Waals surface area contributed by atoms with E-state index in [1.165, 1.54) is 17.8 Å². The lowest BCUT2D eigenvalue weighted by molar-refractivity contribution is 0.616. The van der Waals surface area contributed by atoms with Crippen LogP contribution in [0, 0.1) is 12.7 Å². The second-order valence-corrected chi connectivity index (χ2v) is 5.14. The van der Waals surface area contributed by atoms with Crippen molar-refractivity contribution in [3.8, 4) is 0 Å². The summed E-state index contributed by atoms with van der Waals surface area (Å²) in [6.07, 6.45) is 2.88. The summed E-state index contributed by atoms with van der Waals surface area (Å²) in [6, 6.07) is 7.56. The van der Waals surface area contributed by atoms with Gasteiger partial charge in [0.15, 0.2) is 0 Å². The minimum Gasteiger partial charge on any atom is -0.378 e. The quantitative estimate of drug-likeness (QED) is 0.905. The monoisotopic (exact) mass is 308 g/mol. The number of anilines is 1. The SMILES string of the molecule is Cc1ccc(NC(C)c2cncc(F)c2)c(Br)c1. The van der Waals surface area contributed by atoms with Crippen molar-refractivity contribution < 1.29 is 4.39 Å². The van der Waals surface area contributed by atoms with Crippen molar-refractivity contribution in [2.75, 3.05) is 5.32 Å². The molecule has 2 rings (SSSR count). The van der Waals surface area contributed by atoms with Crippen molar-refractivity contribution in [1.82, 2.24) is 4.98 Å². The number of nitrogens with one attached hydrogen (secondary N) is 1. The first kappa shape index (κ1) is 13.0. The third kappa shape index (κ3) is 3.07. The van der Waals surface area contributed by atoms with Gasteiger partial charge in [0.25, 0.3) is 0 Å². The normalized spacial score (nSPS) is 12.2. The van der Waals surface area contributed by atoms with Crippen LogP contribution in [0.15, 0.2) is 41.1 Å². The van der Waals surface area contributed by atoms with Crippen LogP contribution >= 0.6 is 15.9 Å². The molecule has 18 heavy (non-hydrogen) atoms. The van der Waals surface area contributed by atoms with Crippen molar-refractivity contribution in [3.63, 3.8) is 0 Å². The van der Waals surface area contributed by atoms with Gasteiger partial charge in [-0.15, -0.1) is 0 Å². The molecule has 0 saturated heterocycles. The fourth-order valence-corrected chi connectivity index (χ4v) is 2.33. The Kier molecular flexibility index (Phi) is 3.97. The van der Waals surface area contributed by atoms with Crippen molar-refractivity contribution in [2.24, 2.45) is 0 Å². The van der Waals surface area contributed by atoms with E-state index in [4.69, 9.17) is 0 Å². The van der Waals surface area contributed by atoms with Gasteiger partial charge in [-0.2, -0.15) is 0 Å². The number of aromatic nitrogens is 1. The Morgan fingerprint density at radius 1 is 1.28 bits per heavy atom. The molecule has 1 aromatic heterocycles. The first-order chi connectivity index (χ1) is 8.56. The summed E-state index contributed by atoms with van der Waals surface area (Å²) in [4.78, 5) is 3.86. The maximum atomic E-state index is 13.1. The number of nitrogens with zero attached hydrogens (tertiary/aromatic N) is 1. The lowest BCUT2D eigenvalue weighted by Crippen LogP contribution is -2.07. The van der Waals surface area contributed by atoms with Crippen molar-refractivity contribution in [1.29, 1.82) is 0 Å². The summed E-state index contributed by atoms with van der Waals surface area (Å²) in [5.74, 6) is -0.316. The first-order valence-corrected chi connectivity index (χ1v) is 6.48. The number of pyridine rings is 1. The van der Waals surface area contributed by atoms with E-state index >= 15 is 0 Å². The number of aryl methyl sites for hydroxylation is 1. The zero-order valence-corrected chi connectivity index (χ0v) is 11.8. The van der Waals surface area contributed by atoms with E-state index in [9.17, 15) is 4.39 Å². The summed E-state index contributed by atoms with van der Waals surface area (Å²) in [6.45, 7) is 4.01. The number of hydrogen-bond donors (Lipinski definition) is 1. The fraction of sp³-hybridized carbons (Fsp3) is 0.214. The van der Waals surface area contributed by atoms with Crippen LogP contribution in [0.2, 0.25) is 0 Å². The van der Waals surface area contributed by atoms with Crippen molar-refractivity contribution in [3.05, 3.63) is 58.1 Å². The Bertz CT molecular complexity index is 557. The van der Waals surface area contributed by atoms with Gasteiger partial charge in [-0.05, 0) is 59.1 Å². The van der Waals surface area contributed by atoms with Gasteiger partial charge in [0.2, 0.25) is 0 Å². The van der Waals surface area contributed by atoms with Crippen molar-refractivity contribution in [2.45, 2.75) is 19.9 Å². The van der Waals surface area contributed by atoms with Gasteiger partial charge in [-0.25, -0.2) is 4.39 Å². The molecule has 0 spiro atoms. The molecule has 0 fully saturated rings. The average molecular weight is 309 g/mol. The van der Waals surface area contributed by atoms with E-state index in [2.05, 4.69) is 26.2 Å². The van der Waals surface area contributed by atoms with Crippen LogP contribution in [0.4, 0.5) is 10.1 Å². The molecule has 0 radical (unpaired) electrons. The fourth-order valence-electron chi connectivity index (χ4n) is 1.72. The molecule has 0 aliphatic carbocycles. The number of hydrogen-bond acceptors (Lipinski definition) is 2. The van der Waals surface area contributed by atoms with Gasteiger partial charge in [-0.3, -0.25) is 4.98 Å². The highest BCUT2D eigenvalue weighted by Crippen LogP contribution is 2.27. The minimum absolute atomic E-state index is 0.00722. The Morgan fingerprint density at radius 3 is 2.72 bits per heavy atom. The van der Waals surface area contributed by atoms with Gasteiger partial charge < -0.3 is 5.32 Å². The smallest absolute Gasteiger partial charge is 0.141 e. The summed E-state index contributed by atoms with van der Waals surface area (Å²) in [5.41, 5.74) is 2.99. The summed E-state index contributed by atoms with van der Waals surface area (Å²) in [7, 11) is 0. The molecule has 1 heterocycles. The van der Waals surface area contributed by atoms with E-state index in [0.717, 1.165) is 15.7 Å². The predicted molar refractivity (Wildman–Crippen MR) is 75.1 cm³/mol. The van der Waals surface area contributed by atoms with Crippen LogP contribution in [0.5, 0.6) is 0 Å².